The Kier molecular flexibility index (Phi) is 2.88. The number of hydrogen-bond donors (Lipinski definition) is 0. The van der Waals surface area contributed by atoms with Crippen molar-refractivity contribution >= 4 is 0 Å². The summed E-state index contributed by atoms with van der Waals surface area (Å²) in [6.07, 6.45) is 0. The topological polar surface area (TPSA) is 13.1 Å². The van der Waals surface area contributed by atoms with E-state index in [1.807, 2.05) is 30.3 Å². The zero-order chi connectivity index (χ0) is 13.2. The maximum atomic E-state index is 13.9. The lowest BCUT2D eigenvalue weighted by molar-refractivity contribution is 0.547. The molecule has 0 aliphatic heterocycles. The van der Waals surface area contributed by atoms with Crippen LogP contribution in [0.2, 0.25) is 0 Å². The molecule has 0 aliphatic rings. The van der Waals surface area contributed by atoms with Crippen molar-refractivity contribution < 1.29 is 13.2 Å². The molecule has 0 aliphatic carbocycles. The second-order valence-electron chi connectivity index (χ2n) is 4.13. The van der Waals surface area contributed by atoms with Gasteiger partial charge in [0.2, 0.25) is 0 Å². The molecule has 1 aromatic heterocycles. The number of halogens is 2. The van der Waals surface area contributed by atoms with Crippen molar-refractivity contribution in [2.45, 2.75) is 0 Å². The van der Waals surface area contributed by atoms with Gasteiger partial charge in [0.15, 0.2) is 11.6 Å². The van der Waals surface area contributed by atoms with Gasteiger partial charge in [0.05, 0.1) is 5.56 Å². The summed E-state index contributed by atoms with van der Waals surface area (Å²) < 4.78 is 33.0. The van der Waals surface area contributed by atoms with E-state index in [0.29, 0.717) is 5.76 Å². The monoisotopic (exact) mass is 256 g/mol. The number of furan rings is 1. The maximum Gasteiger partial charge on any atom is 0.173 e. The van der Waals surface area contributed by atoms with Crippen molar-refractivity contribution in [3.63, 3.8) is 0 Å². The van der Waals surface area contributed by atoms with Gasteiger partial charge in [-0.25, -0.2) is 8.78 Å². The predicted octanol–water partition coefficient (Wildman–Crippen LogP) is 4.89. The van der Waals surface area contributed by atoms with E-state index in [9.17, 15) is 8.78 Å². The van der Waals surface area contributed by atoms with Crippen molar-refractivity contribution in [1.29, 1.82) is 0 Å². The second kappa shape index (κ2) is 4.69. The van der Waals surface area contributed by atoms with Gasteiger partial charge in [-0.3, -0.25) is 0 Å². The third-order valence-electron chi connectivity index (χ3n) is 2.86. The minimum atomic E-state index is -0.566. The largest absolute Gasteiger partial charge is 0.453 e. The average Bonchev–Trinajstić information content (AvgIpc) is 2.82. The molecule has 0 unspecified atom stereocenters. The van der Waals surface area contributed by atoms with E-state index in [1.54, 1.807) is 12.1 Å². The van der Waals surface area contributed by atoms with Gasteiger partial charge >= 0.3 is 0 Å². The summed E-state index contributed by atoms with van der Waals surface area (Å²) in [5.41, 5.74) is 0.881. The van der Waals surface area contributed by atoms with Crippen LogP contribution in [0.4, 0.5) is 8.78 Å². The first kappa shape index (κ1) is 11.7. The van der Waals surface area contributed by atoms with Crippen LogP contribution in [0, 0.1) is 11.6 Å². The summed E-state index contributed by atoms with van der Waals surface area (Å²) >= 11 is 0. The van der Waals surface area contributed by atoms with Gasteiger partial charge in [-0.15, -0.1) is 0 Å². The standard InChI is InChI=1S/C16H10F2O/c17-13-9-5-4-8-12(13)16-14(18)10-15(19-16)11-6-2-1-3-7-11/h1-10H. The molecule has 0 fully saturated rings. The lowest BCUT2D eigenvalue weighted by Gasteiger charge is -1.99. The van der Waals surface area contributed by atoms with E-state index >= 15 is 0 Å². The summed E-state index contributed by atoms with van der Waals surface area (Å²) in [6, 6.07) is 16.4. The van der Waals surface area contributed by atoms with Crippen LogP contribution in [-0.2, 0) is 0 Å². The Balaban J connectivity index is 2.11. The van der Waals surface area contributed by atoms with Crippen LogP contribution < -0.4 is 0 Å². The van der Waals surface area contributed by atoms with E-state index < -0.39 is 11.6 Å². The lowest BCUT2D eigenvalue weighted by atomic mass is 10.1. The summed E-state index contributed by atoms with van der Waals surface area (Å²) in [6.45, 7) is 0. The highest BCUT2D eigenvalue weighted by molar-refractivity contribution is 5.65. The van der Waals surface area contributed by atoms with Gasteiger partial charge in [0, 0.05) is 11.6 Å². The summed E-state index contributed by atoms with van der Waals surface area (Å²) in [5.74, 6) is -0.757. The Morgan fingerprint density at radius 1 is 0.737 bits per heavy atom. The van der Waals surface area contributed by atoms with Crippen LogP contribution >= 0.6 is 0 Å². The number of rotatable bonds is 2. The molecule has 3 rings (SSSR count). The van der Waals surface area contributed by atoms with Gasteiger partial charge < -0.3 is 4.42 Å². The minimum absolute atomic E-state index is 0.0723. The molecule has 3 aromatic rings. The van der Waals surface area contributed by atoms with Gasteiger partial charge in [-0.05, 0) is 12.1 Å². The molecule has 0 saturated heterocycles. The highest BCUT2D eigenvalue weighted by atomic mass is 19.1. The first-order chi connectivity index (χ1) is 9.25. The van der Waals surface area contributed by atoms with Crippen LogP contribution in [0.25, 0.3) is 22.6 Å². The van der Waals surface area contributed by atoms with Crippen molar-refractivity contribution in [1.82, 2.24) is 0 Å². The molecule has 0 bridgehead atoms. The summed E-state index contributed by atoms with van der Waals surface area (Å²) in [4.78, 5) is 0. The fourth-order valence-corrected chi connectivity index (χ4v) is 1.94. The Morgan fingerprint density at radius 3 is 2.16 bits per heavy atom. The zero-order valence-corrected chi connectivity index (χ0v) is 9.94. The molecule has 0 atom stereocenters. The van der Waals surface area contributed by atoms with Crippen LogP contribution in [0.3, 0.4) is 0 Å². The zero-order valence-electron chi connectivity index (χ0n) is 9.94. The maximum absolute atomic E-state index is 13.9. The van der Waals surface area contributed by atoms with Gasteiger partial charge in [0.1, 0.15) is 11.6 Å². The van der Waals surface area contributed by atoms with Gasteiger partial charge in [-0.2, -0.15) is 0 Å². The van der Waals surface area contributed by atoms with Crippen molar-refractivity contribution in [3.05, 3.63) is 72.3 Å². The van der Waals surface area contributed by atoms with Crippen LogP contribution in [-0.4, -0.2) is 0 Å². The normalized spacial score (nSPS) is 10.6. The molecule has 1 heterocycles. The molecule has 94 valence electrons. The second-order valence-corrected chi connectivity index (χ2v) is 4.13. The Labute approximate surface area is 109 Å². The predicted molar refractivity (Wildman–Crippen MR) is 69.5 cm³/mol. The summed E-state index contributed by atoms with van der Waals surface area (Å²) in [5, 5.41) is 0. The van der Waals surface area contributed by atoms with Gasteiger partial charge in [0.25, 0.3) is 0 Å². The van der Waals surface area contributed by atoms with Crippen molar-refractivity contribution in [2.24, 2.45) is 0 Å². The minimum Gasteiger partial charge on any atom is -0.453 e. The van der Waals surface area contributed by atoms with E-state index in [1.165, 1.54) is 18.2 Å². The number of hydrogen-bond acceptors (Lipinski definition) is 1. The molecule has 19 heavy (non-hydrogen) atoms. The molecular weight excluding hydrogens is 246 g/mol. The molecule has 2 aromatic carbocycles. The molecule has 0 N–H and O–H groups in total. The highest BCUT2D eigenvalue weighted by Crippen LogP contribution is 2.32. The van der Waals surface area contributed by atoms with Crippen molar-refractivity contribution in [3.8, 4) is 22.6 Å². The quantitative estimate of drug-likeness (QED) is 0.636. The smallest absolute Gasteiger partial charge is 0.173 e. The van der Waals surface area contributed by atoms with E-state index in [4.69, 9.17) is 4.42 Å². The van der Waals surface area contributed by atoms with E-state index in [2.05, 4.69) is 0 Å². The first-order valence-electron chi connectivity index (χ1n) is 5.85. The fraction of sp³-hybridized carbons (Fsp3) is 0. The first-order valence-corrected chi connectivity index (χ1v) is 5.85. The number of benzene rings is 2. The fourth-order valence-electron chi connectivity index (χ4n) is 1.94. The lowest BCUT2D eigenvalue weighted by Crippen LogP contribution is -1.83. The third-order valence-corrected chi connectivity index (χ3v) is 2.86. The highest BCUT2D eigenvalue weighted by Gasteiger charge is 2.16. The molecule has 3 heteroatoms. The van der Waals surface area contributed by atoms with Crippen LogP contribution in [0.5, 0.6) is 0 Å². The average molecular weight is 256 g/mol. The Bertz CT molecular complexity index is 702. The molecule has 0 spiro atoms. The van der Waals surface area contributed by atoms with E-state index in [-0.39, 0.29) is 11.3 Å². The molecule has 0 radical (unpaired) electrons. The van der Waals surface area contributed by atoms with Crippen LogP contribution in [0.1, 0.15) is 0 Å². The van der Waals surface area contributed by atoms with Gasteiger partial charge in [-0.1, -0.05) is 42.5 Å². The molecule has 1 nitrogen and oxygen atoms in total. The Morgan fingerprint density at radius 2 is 1.42 bits per heavy atom. The van der Waals surface area contributed by atoms with Crippen molar-refractivity contribution in [2.75, 3.05) is 0 Å². The summed E-state index contributed by atoms with van der Waals surface area (Å²) in [7, 11) is 0. The SMILES string of the molecule is Fc1ccccc1-c1oc(-c2ccccc2)cc1F. The molecule has 0 saturated carbocycles. The van der Waals surface area contributed by atoms with E-state index in [0.717, 1.165) is 5.56 Å². The van der Waals surface area contributed by atoms with Crippen LogP contribution in [0.15, 0.2) is 65.1 Å². The third kappa shape index (κ3) is 2.15. The Hall–Kier alpha value is -2.42. The molecular formula is C16H10F2O. The molecule has 0 amide bonds.